The molecule has 6 atom stereocenters. The number of esters is 3. The second kappa shape index (κ2) is 56.4. The van der Waals surface area contributed by atoms with Crippen molar-refractivity contribution in [1.82, 2.24) is 0 Å². The molecule has 1 aliphatic heterocycles. The third-order valence-corrected chi connectivity index (χ3v) is 14.4. The van der Waals surface area contributed by atoms with E-state index in [-0.39, 0.29) is 25.9 Å². The van der Waals surface area contributed by atoms with Crippen LogP contribution in [0.15, 0.2) is 85.1 Å². The Bertz CT molecular complexity index is 1730. The molecular formula is C69H116O12. The lowest BCUT2D eigenvalue weighted by atomic mass is 9.98. The largest absolute Gasteiger partial charge is 0.479 e. The molecule has 12 heteroatoms. The van der Waals surface area contributed by atoms with Gasteiger partial charge in [0.25, 0.3) is 0 Å². The number of ether oxygens (including phenoxy) is 5. The number of hydrogen-bond donors (Lipinski definition) is 3. The summed E-state index contributed by atoms with van der Waals surface area (Å²) in [4.78, 5) is 51.3. The van der Waals surface area contributed by atoms with Gasteiger partial charge in [-0.1, -0.05) is 228 Å². The summed E-state index contributed by atoms with van der Waals surface area (Å²) < 4.78 is 28.5. The summed E-state index contributed by atoms with van der Waals surface area (Å²) in [5.41, 5.74) is 0. The van der Waals surface area contributed by atoms with Crippen molar-refractivity contribution in [2.75, 3.05) is 13.2 Å². The molecule has 0 saturated carbocycles. The summed E-state index contributed by atoms with van der Waals surface area (Å²) in [6.45, 7) is 5.84. The highest BCUT2D eigenvalue weighted by molar-refractivity contribution is 5.74. The number of carbonyl (C=O) groups is 4. The van der Waals surface area contributed by atoms with Crippen molar-refractivity contribution in [3.63, 3.8) is 0 Å². The van der Waals surface area contributed by atoms with E-state index in [0.717, 1.165) is 141 Å². The van der Waals surface area contributed by atoms with Crippen molar-refractivity contribution in [2.45, 2.75) is 314 Å². The van der Waals surface area contributed by atoms with E-state index in [1.165, 1.54) is 77.0 Å². The zero-order chi connectivity index (χ0) is 58.9. The van der Waals surface area contributed by atoms with Crippen LogP contribution in [0.1, 0.15) is 278 Å². The second-order valence-electron chi connectivity index (χ2n) is 22.0. The molecule has 1 rings (SSSR count). The molecule has 81 heavy (non-hydrogen) atoms. The zero-order valence-corrected chi connectivity index (χ0v) is 51.3. The van der Waals surface area contributed by atoms with E-state index in [9.17, 15) is 34.5 Å². The molecule has 1 aliphatic rings. The van der Waals surface area contributed by atoms with E-state index in [4.69, 9.17) is 23.7 Å². The van der Waals surface area contributed by atoms with Crippen LogP contribution in [0.3, 0.4) is 0 Å². The van der Waals surface area contributed by atoms with Crippen molar-refractivity contribution >= 4 is 23.9 Å². The maximum absolute atomic E-state index is 13.2. The van der Waals surface area contributed by atoms with Crippen LogP contribution in [0, 0.1) is 0 Å². The van der Waals surface area contributed by atoms with Gasteiger partial charge in [-0.05, 0) is 116 Å². The summed E-state index contributed by atoms with van der Waals surface area (Å²) in [7, 11) is 0. The fourth-order valence-electron chi connectivity index (χ4n) is 9.44. The van der Waals surface area contributed by atoms with Crippen LogP contribution in [-0.4, -0.2) is 89.2 Å². The van der Waals surface area contributed by atoms with Crippen molar-refractivity contribution in [3.05, 3.63) is 85.1 Å². The Hall–Kier alpha value is -4.10. The second-order valence-corrected chi connectivity index (χ2v) is 22.0. The van der Waals surface area contributed by atoms with E-state index in [1.54, 1.807) is 0 Å². The monoisotopic (exact) mass is 1140 g/mol. The molecule has 0 amide bonds. The molecule has 0 spiro atoms. The van der Waals surface area contributed by atoms with Crippen LogP contribution in [0.25, 0.3) is 0 Å². The maximum Gasteiger partial charge on any atom is 0.335 e. The van der Waals surface area contributed by atoms with E-state index >= 15 is 0 Å². The molecule has 1 fully saturated rings. The minimum atomic E-state index is -1.91. The molecule has 0 aromatic rings. The number of carbonyl (C=O) groups excluding carboxylic acids is 3. The molecule has 0 bridgehead atoms. The van der Waals surface area contributed by atoms with Crippen LogP contribution in [0.5, 0.6) is 0 Å². The van der Waals surface area contributed by atoms with Crippen molar-refractivity contribution in [3.8, 4) is 0 Å². The average Bonchev–Trinajstić information content (AvgIpc) is 3.53. The van der Waals surface area contributed by atoms with Gasteiger partial charge in [-0.3, -0.25) is 14.4 Å². The summed E-state index contributed by atoms with van der Waals surface area (Å²) in [5, 5.41) is 31.6. The molecule has 0 aromatic heterocycles. The fourth-order valence-corrected chi connectivity index (χ4v) is 9.44. The first-order valence-corrected chi connectivity index (χ1v) is 32.6. The lowest BCUT2D eigenvalue weighted by Crippen LogP contribution is -2.61. The normalized spacial score (nSPS) is 18.3. The van der Waals surface area contributed by atoms with Gasteiger partial charge >= 0.3 is 23.9 Å². The van der Waals surface area contributed by atoms with E-state index in [2.05, 4.69) is 106 Å². The Balaban J connectivity index is 2.67. The molecule has 464 valence electrons. The quantitative estimate of drug-likeness (QED) is 0.0228. The van der Waals surface area contributed by atoms with Gasteiger partial charge in [-0.2, -0.15) is 0 Å². The van der Waals surface area contributed by atoms with Crippen LogP contribution in [-0.2, 0) is 42.9 Å². The van der Waals surface area contributed by atoms with E-state index < -0.39 is 67.3 Å². The molecule has 12 nitrogen and oxygen atoms in total. The van der Waals surface area contributed by atoms with Gasteiger partial charge in [0, 0.05) is 19.3 Å². The van der Waals surface area contributed by atoms with Crippen LogP contribution in [0.4, 0.5) is 0 Å². The molecule has 3 N–H and O–H groups in total. The minimum Gasteiger partial charge on any atom is -0.479 e. The van der Waals surface area contributed by atoms with Gasteiger partial charge in [-0.25, -0.2) is 4.79 Å². The Kier molecular flexibility index (Phi) is 52.1. The van der Waals surface area contributed by atoms with Crippen molar-refractivity contribution in [1.29, 1.82) is 0 Å². The SMILES string of the molecule is CC/C=C\C/C=C\C/C=C\CCCCCCCC(=O)OC(COC(=O)CCCCCCCCCCC/C=C\C/C=C\CCCCC)COC1OC(C(=O)O)C(O)C(O)C1OC(=O)CCCCCCCCC/C=C\C/C=C\CCCCC. The average molecular weight is 1140 g/mol. The predicted octanol–water partition coefficient (Wildman–Crippen LogP) is 17.5. The van der Waals surface area contributed by atoms with Crippen LogP contribution in [0.2, 0.25) is 0 Å². The molecule has 0 radical (unpaired) electrons. The topological polar surface area (TPSA) is 175 Å². The Morgan fingerprint density at radius 2 is 0.778 bits per heavy atom. The summed E-state index contributed by atoms with van der Waals surface area (Å²) in [5.74, 6) is -3.15. The van der Waals surface area contributed by atoms with E-state index in [0.29, 0.717) is 19.3 Å². The van der Waals surface area contributed by atoms with E-state index in [1.807, 2.05) is 0 Å². The first kappa shape index (κ1) is 74.9. The predicted molar refractivity (Wildman–Crippen MR) is 331 cm³/mol. The van der Waals surface area contributed by atoms with Crippen molar-refractivity contribution < 1.29 is 58.2 Å². The van der Waals surface area contributed by atoms with Gasteiger partial charge in [-0.15, -0.1) is 0 Å². The third kappa shape index (κ3) is 46.0. The smallest absolute Gasteiger partial charge is 0.335 e. The third-order valence-electron chi connectivity index (χ3n) is 14.4. The number of carboxylic acid groups (broad SMARTS) is 1. The Morgan fingerprint density at radius 1 is 0.420 bits per heavy atom. The minimum absolute atomic E-state index is 0.0468. The first-order chi connectivity index (χ1) is 39.6. The van der Waals surface area contributed by atoms with Crippen LogP contribution < -0.4 is 0 Å². The zero-order valence-electron chi connectivity index (χ0n) is 51.3. The molecular weight excluding hydrogens is 1020 g/mol. The number of rotatable bonds is 55. The highest BCUT2D eigenvalue weighted by Gasteiger charge is 2.50. The lowest BCUT2D eigenvalue weighted by Gasteiger charge is -2.40. The van der Waals surface area contributed by atoms with Gasteiger partial charge < -0.3 is 39.0 Å². The maximum atomic E-state index is 13.2. The number of carboxylic acids is 1. The van der Waals surface area contributed by atoms with Gasteiger partial charge in [0.05, 0.1) is 6.61 Å². The number of aliphatic hydroxyl groups excluding tert-OH is 2. The van der Waals surface area contributed by atoms with Crippen LogP contribution >= 0.6 is 0 Å². The first-order valence-electron chi connectivity index (χ1n) is 32.6. The number of aliphatic carboxylic acids is 1. The van der Waals surface area contributed by atoms with Gasteiger partial charge in [0.15, 0.2) is 24.6 Å². The Morgan fingerprint density at radius 3 is 1.19 bits per heavy atom. The van der Waals surface area contributed by atoms with Gasteiger partial charge in [0.1, 0.15) is 18.8 Å². The Labute approximate surface area is 492 Å². The summed E-state index contributed by atoms with van der Waals surface area (Å²) in [6.07, 6.45) is 61.0. The highest BCUT2D eigenvalue weighted by atomic mass is 16.7. The highest BCUT2D eigenvalue weighted by Crippen LogP contribution is 2.27. The summed E-state index contributed by atoms with van der Waals surface area (Å²) >= 11 is 0. The number of allylic oxidation sites excluding steroid dienone is 14. The lowest BCUT2D eigenvalue weighted by molar-refractivity contribution is -0.301. The van der Waals surface area contributed by atoms with Crippen molar-refractivity contribution in [2.24, 2.45) is 0 Å². The fraction of sp³-hybridized carbons (Fsp3) is 0.739. The standard InChI is InChI=1S/C69H116O12/c1-4-7-10-13-16-19-22-25-28-30-31-33-35-37-40-43-46-49-52-55-61(70)77-58-60(79-62(71)56-53-50-47-44-41-38-34-27-24-21-18-15-12-9-6-3)59-78-69-67(65(74)64(73)66(81-69)68(75)76)80-63(72)57-54-51-48-45-42-39-36-32-29-26-23-20-17-14-11-8-5-2/h9,12,16-21,25-29,34,60,64-67,69,73-74H,4-8,10-11,13-15,22-24,30-33,35-59H2,1-3H3,(H,75,76)/b12-9-,19-16-,20-17-,21-18-,28-25-,29-26-,34-27-. The molecule has 0 aliphatic carbocycles. The molecule has 1 saturated heterocycles. The number of hydrogen-bond acceptors (Lipinski definition) is 11. The molecule has 6 unspecified atom stereocenters. The summed E-state index contributed by atoms with van der Waals surface area (Å²) in [6, 6.07) is 0. The molecule has 0 aromatic carbocycles. The molecule has 1 heterocycles. The van der Waals surface area contributed by atoms with Gasteiger partial charge in [0.2, 0.25) is 0 Å². The number of unbranched alkanes of at least 4 members (excludes halogenated alkanes) is 27. The number of aliphatic hydroxyl groups is 2.